The summed E-state index contributed by atoms with van der Waals surface area (Å²) in [6.07, 6.45) is 4.30. The van der Waals surface area contributed by atoms with Gasteiger partial charge in [-0.3, -0.25) is 4.79 Å². The predicted octanol–water partition coefficient (Wildman–Crippen LogP) is 2.87. The Kier molecular flexibility index (Phi) is 3.97. The lowest BCUT2D eigenvalue weighted by molar-refractivity contribution is 0.0533. The van der Waals surface area contributed by atoms with Crippen LogP contribution in [0.5, 0.6) is 0 Å². The summed E-state index contributed by atoms with van der Waals surface area (Å²) < 4.78 is 5.59. The number of morpholine rings is 1. The highest BCUT2D eigenvalue weighted by molar-refractivity contribution is 7.99. The molecule has 1 aromatic heterocycles. The van der Waals surface area contributed by atoms with Gasteiger partial charge in [-0.15, -0.1) is 23.1 Å². The third-order valence-corrected chi connectivity index (χ3v) is 6.02. The van der Waals surface area contributed by atoms with Gasteiger partial charge in [0.15, 0.2) is 5.78 Å². The van der Waals surface area contributed by atoms with E-state index < -0.39 is 0 Å². The average Bonchev–Trinajstić information content (AvgIpc) is 3.22. The van der Waals surface area contributed by atoms with Crippen molar-refractivity contribution in [1.82, 2.24) is 0 Å². The number of anilines is 2. The summed E-state index contributed by atoms with van der Waals surface area (Å²) >= 11 is 3.21. The number of Topliss-reactive ketones (excluding diaryl/α,β-unsaturated/α-hetero) is 1. The highest BCUT2D eigenvalue weighted by atomic mass is 32.2. The summed E-state index contributed by atoms with van der Waals surface area (Å²) in [5, 5.41) is 1.15. The van der Waals surface area contributed by atoms with Crippen LogP contribution >= 0.6 is 23.1 Å². The van der Waals surface area contributed by atoms with Gasteiger partial charge in [0.1, 0.15) is 5.00 Å². The molecular weight excluding hydrogens is 292 g/mol. The number of rotatable bonds is 4. The molecule has 0 amide bonds. The first-order chi connectivity index (χ1) is 9.61. The second-order valence-electron chi connectivity index (χ2n) is 5.45. The van der Waals surface area contributed by atoms with Crippen molar-refractivity contribution in [3.05, 3.63) is 4.88 Å². The minimum absolute atomic E-state index is 0.224. The van der Waals surface area contributed by atoms with Crippen molar-refractivity contribution < 1.29 is 9.53 Å². The van der Waals surface area contributed by atoms with Gasteiger partial charge in [-0.05, 0) is 26.0 Å². The second-order valence-corrected chi connectivity index (χ2v) is 7.26. The van der Waals surface area contributed by atoms with Crippen LogP contribution in [0.15, 0.2) is 4.90 Å². The van der Waals surface area contributed by atoms with E-state index in [2.05, 4.69) is 11.8 Å². The molecule has 1 atom stereocenters. The Balaban J connectivity index is 1.93. The fourth-order valence-corrected chi connectivity index (χ4v) is 4.77. The Labute approximate surface area is 127 Å². The summed E-state index contributed by atoms with van der Waals surface area (Å²) in [4.78, 5) is 16.5. The quantitative estimate of drug-likeness (QED) is 0.684. The van der Waals surface area contributed by atoms with E-state index in [1.54, 1.807) is 23.1 Å². The molecule has 1 aliphatic heterocycles. The van der Waals surface area contributed by atoms with Crippen LogP contribution in [0.25, 0.3) is 0 Å². The predicted molar refractivity (Wildman–Crippen MR) is 85.2 cm³/mol. The minimum atomic E-state index is 0.224. The summed E-state index contributed by atoms with van der Waals surface area (Å²) in [5.41, 5.74) is 6.92. The molecular formula is C14H20N2O2S2. The van der Waals surface area contributed by atoms with Crippen molar-refractivity contribution in [1.29, 1.82) is 0 Å². The molecule has 1 saturated heterocycles. The molecule has 0 bridgehead atoms. The van der Waals surface area contributed by atoms with Gasteiger partial charge in [0.25, 0.3) is 0 Å². The van der Waals surface area contributed by atoms with Crippen molar-refractivity contribution in [3.8, 4) is 0 Å². The van der Waals surface area contributed by atoms with Crippen LogP contribution < -0.4 is 10.6 Å². The molecule has 0 spiro atoms. The van der Waals surface area contributed by atoms with Crippen molar-refractivity contribution in [2.45, 2.75) is 30.8 Å². The van der Waals surface area contributed by atoms with E-state index in [1.807, 2.05) is 6.26 Å². The van der Waals surface area contributed by atoms with Gasteiger partial charge in [0.05, 0.1) is 28.2 Å². The first-order valence-corrected chi connectivity index (χ1v) is 9.03. The number of hydrogen-bond donors (Lipinski definition) is 1. The number of nitrogens with zero attached hydrogens (tertiary/aromatic N) is 1. The molecule has 6 heteroatoms. The monoisotopic (exact) mass is 312 g/mol. The molecule has 2 fully saturated rings. The molecule has 4 nitrogen and oxygen atoms in total. The third-order valence-electron chi connectivity index (χ3n) is 3.79. The van der Waals surface area contributed by atoms with Crippen LogP contribution in [-0.2, 0) is 4.74 Å². The number of carbonyl (C=O) groups is 1. The number of ether oxygens (including phenoxy) is 1. The molecule has 1 aliphatic carbocycles. The number of thioether (sulfide) groups is 1. The van der Waals surface area contributed by atoms with Gasteiger partial charge in [0, 0.05) is 19.0 Å². The zero-order valence-electron chi connectivity index (χ0n) is 11.8. The van der Waals surface area contributed by atoms with E-state index >= 15 is 0 Å². The van der Waals surface area contributed by atoms with Gasteiger partial charge in [0.2, 0.25) is 0 Å². The van der Waals surface area contributed by atoms with E-state index in [9.17, 15) is 4.79 Å². The lowest BCUT2D eigenvalue weighted by atomic mass is 10.2. The smallest absolute Gasteiger partial charge is 0.178 e. The molecule has 2 aliphatic rings. The minimum Gasteiger partial charge on any atom is -0.396 e. The average molecular weight is 312 g/mol. The summed E-state index contributed by atoms with van der Waals surface area (Å²) in [5.74, 6) is 0.470. The lowest BCUT2D eigenvalue weighted by Gasteiger charge is -2.32. The fraction of sp³-hybridized carbons (Fsp3) is 0.643. The number of nitrogens with two attached hydrogens (primary N) is 1. The SMILES string of the molecule is CSc1c(N2CCOC(C)C2)sc(C(=O)C2CC2)c1N. The summed E-state index contributed by atoms with van der Waals surface area (Å²) in [6.45, 7) is 4.55. The maximum atomic E-state index is 12.3. The zero-order chi connectivity index (χ0) is 14.3. The van der Waals surface area contributed by atoms with Gasteiger partial charge in [-0.1, -0.05) is 0 Å². The van der Waals surface area contributed by atoms with Crippen LogP contribution in [0.4, 0.5) is 10.7 Å². The molecule has 2 heterocycles. The van der Waals surface area contributed by atoms with Crippen LogP contribution in [0.1, 0.15) is 29.4 Å². The van der Waals surface area contributed by atoms with E-state index in [-0.39, 0.29) is 17.8 Å². The van der Waals surface area contributed by atoms with E-state index in [1.165, 1.54) is 0 Å². The Hall–Kier alpha value is -0.720. The number of ketones is 1. The third kappa shape index (κ3) is 2.56. The molecule has 20 heavy (non-hydrogen) atoms. The largest absolute Gasteiger partial charge is 0.396 e. The van der Waals surface area contributed by atoms with E-state index in [0.29, 0.717) is 5.69 Å². The highest BCUT2D eigenvalue weighted by Crippen LogP contribution is 2.47. The van der Waals surface area contributed by atoms with Gasteiger partial charge in [-0.25, -0.2) is 0 Å². The van der Waals surface area contributed by atoms with Crippen LogP contribution in [0.3, 0.4) is 0 Å². The Bertz CT molecular complexity index is 525. The number of carbonyl (C=O) groups excluding carboxylic acids is 1. The maximum Gasteiger partial charge on any atom is 0.178 e. The molecule has 0 aromatic carbocycles. The Morgan fingerprint density at radius 2 is 2.25 bits per heavy atom. The Morgan fingerprint density at radius 3 is 2.85 bits per heavy atom. The first-order valence-electron chi connectivity index (χ1n) is 6.98. The lowest BCUT2D eigenvalue weighted by Crippen LogP contribution is -2.40. The molecule has 0 radical (unpaired) electrons. The summed E-state index contributed by atoms with van der Waals surface area (Å²) in [6, 6.07) is 0. The van der Waals surface area contributed by atoms with Gasteiger partial charge >= 0.3 is 0 Å². The first kappa shape index (κ1) is 14.2. The molecule has 1 unspecified atom stereocenters. The van der Waals surface area contributed by atoms with E-state index in [4.69, 9.17) is 10.5 Å². The van der Waals surface area contributed by atoms with Crippen molar-refractivity contribution >= 4 is 39.6 Å². The molecule has 3 rings (SSSR count). The van der Waals surface area contributed by atoms with Crippen molar-refractivity contribution in [2.75, 3.05) is 36.6 Å². The fourth-order valence-electron chi connectivity index (χ4n) is 2.54. The van der Waals surface area contributed by atoms with Crippen molar-refractivity contribution in [2.24, 2.45) is 5.92 Å². The Morgan fingerprint density at radius 1 is 1.50 bits per heavy atom. The zero-order valence-corrected chi connectivity index (χ0v) is 13.5. The normalized spacial score (nSPS) is 23.1. The highest BCUT2D eigenvalue weighted by Gasteiger charge is 2.35. The number of thiophene rings is 1. The molecule has 1 saturated carbocycles. The van der Waals surface area contributed by atoms with Crippen LogP contribution in [-0.4, -0.2) is 37.8 Å². The van der Waals surface area contributed by atoms with E-state index in [0.717, 1.165) is 47.3 Å². The van der Waals surface area contributed by atoms with Crippen LogP contribution in [0.2, 0.25) is 0 Å². The second kappa shape index (κ2) is 5.58. The maximum absolute atomic E-state index is 12.3. The van der Waals surface area contributed by atoms with Crippen LogP contribution in [0, 0.1) is 5.92 Å². The number of nitrogen functional groups attached to an aromatic ring is 1. The topological polar surface area (TPSA) is 55.6 Å². The number of hydrogen-bond acceptors (Lipinski definition) is 6. The molecule has 110 valence electrons. The van der Waals surface area contributed by atoms with Gasteiger partial charge in [-0.2, -0.15) is 0 Å². The standard InChI is InChI=1S/C14H20N2O2S2/c1-8-7-16(5-6-18-8)14-13(19-2)10(15)12(20-14)11(17)9-3-4-9/h8-9H,3-7,15H2,1-2H3. The molecule has 2 N–H and O–H groups in total. The summed E-state index contributed by atoms with van der Waals surface area (Å²) in [7, 11) is 0. The van der Waals surface area contributed by atoms with Crippen molar-refractivity contribution in [3.63, 3.8) is 0 Å². The molecule has 1 aromatic rings. The van der Waals surface area contributed by atoms with Gasteiger partial charge < -0.3 is 15.4 Å².